The van der Waals surface area contributed by atoms with E-state index in [4.69, 9.17) is 9.47 Å². The van der Waals surface area contributed by atoms with Gasteiger partial charge >= 0.3 is 0 Å². The monoisotopic (exact) mass is 336 g/mol. The van der Waals surface area contributed by atoms with Crippen LogP contribution >= 0.6 is 0 Å². The number of aliphatic hydroxyl groups is 1. The Hall–Kier alpha value is -2.98. The van der Waals surface area contributed by atoms with E-state index < -0.39 is 5.60 Å². The number of hydrogen-bond acceptors (Lipinski definition) is 4. The first-order valence-electron chi connectivity index (χ1n) is 7.89. The van der Waals surface area contributed by atoms with Crippen LogP contribution in [0, 0.1) is 0 Å². The number of hydrogen-bond donors (Lipinski definition) is 2. The molecule has 0 fully saturated rings. The third kappa shape index (κ3) is 3.04. The number of aromatic hydroxyl groups is 1. The Morgan fingerprint density at radius 1 is 0.720 bits per heavy atom. The molecule has 3 rings (SSSR count). The predicted octanol–water partition coefficient (Wildman–Crippen LogP) is 3.69. The smallest absolute Gasteiger partial charge is 0.144 e. The molecule has 0 amide bonds. The second kappa shape index (κ2) is 6.87. The lowest BCUT2D eigenvalue weighted by Gasteiger charge is -2.31. The van der Waals surface area contributed by atoms with Crippen molar-refractivity contribution in [2.45, 2.75) is 5.60 Å². The SMILES string of the molecule is COc1ccc(C(O)(c2ccc(O)cc2)c2ccccc2OC)cc1. The predicted molar refractivity (Wildman–Crippen MR) is 96.2 cm³/mol. The van der Waals surface area contributed by atoms with Gasteiger partial charge in [0.05, 0.1) is 14.2 Å². The Balaban J connectivity index is 2.25. The number of rotatable bonds is 5. The second-order valence-electron chi connectivity index (χ2n) is 5.69. The van der Waals surface area contributed by atoms with Crippen LogP contribution in [0.5, 0.6) is 17.2 Å². The summed E-state index contributed by atoms with van der Waals surface area (Å²) in [7, 11) is 3.17. The zero-order valence-corrected chi connectivity index (χ0v) is 14.1. The van der Waals surface area contributed by atoms with Crippen molar-refractivity contribution in [2.24, 2.45) is 0 Å². The van der Waals surface area contributed by atoms with E-state index in [-0.39, 0.29) is 5.75 Å². The van der Waals surface area contributed by atoms with Gasteiger partial charge in [-0.05, 0) is 41.5 Å². The van der Waals surface area contributed by atoms with Crippen LogP contribution in [0.15, 0.2) is 72.8 Å². The van der Waals surface area contributed by atoms with Crippen LogP contribution in [-0.4, -0.2) is 24.4 Å². The van der Waals surface area contributed by atoms with E-state index in [1.54, 1.807) is 50.6 Å². The van der Waals surface area contributed by atoms with Gasteiger partial charge in [0.25, 0.3) is 0 Å². The lowest BCUT2D eigenvalue weighted by Crippen LogP contribution is -2.29. The maximum Gasteiger partial charge on any atom is 0.144 e. The molecule has 128 valence electrons. The quantitative estimate of drug-likeness (QED) is 0.698. The summed E-state index contributed by atoms with van der Waals surface area (Å²) >= 11 is 0. The molecule has 0 saturated carbocycles. The number of phenolic OH excluding ortho intramolecular Hbond substituents is 1. The number of ether oxygens (including phenoxy) is 2. The van der Waals surface area contributed by atoms with E-state index in [1.807, 2.05) is 36.4 Å². The lowest BCUT2D eigenvalue weighted by atomic mass is 9.80. The molecule has 1 atom stereocenters. The first kappa shape index (κ1) is 16.9. The molecule has 3 aromatic carbocycles. The third-order valence-electron chi connectivity index (χ3n) is 4.29. The van der Waals surface area contributed by atoms with Crippen molar-refractivity contribution < 1.29 is 19.7 Å². The minimum atomic E-state index is -1.44. The zero-order chi connectivity index (χ0) is 17.9. The minimum absolute atomic E-state index is 0.140. The molecule has 0 radical (unpaired) electrons. The van der Waals surface area contributed by atoms with Crippen LogP contribution < -0.4 is 9.47 Å². The van der Waals surface area contributed by atoms with Crippen LogP contribution in [0.2, 0.25) is 0 Å². The van der Waals surface area contributed by atoms with Crippen molar-refractivity contribution in [3.05, 3.63) is 89.5 Å². The van der Waals surface area contributed by atoms with Crippen LogP contribution in [0.4, 0.5) is 0 Å². The normalized spacial score (nSPS) is 13.1. The van der Waals surface area contributed by atoms with Crippen LogP contribution in [-0.2, 0) is 5.60 Å². The summed E-state index contributed by atoms with van der Waals surface area (Å²) < 4.78 is 10.7. The van der Waals surface area contributed by atoms with E-state index in [2.05, 4.69) is 0 Å². The fraction of sp³-hybridized carbons (Fsp3) is 0.143. The van der Waals surface area contributed by atoms with Crippen molar-refractivity contribution in [1.82, 2.24) is 0 Å². The summed E-state index contributed by atoms with van der Waals surface area (Å²) in [5.74, 6) is 1.42. The summed E-state index contributed by atoms with van der Waals surface area (Å²) in [6.45, 7) is 0. The highest BCUT2D eigenvalue weighted by Crippen LogP contribution is 2.41. The lowest BCUT2D eigenvalue weighted by molar-refractivity contribution is 0.122. The first-order valence-corrected chi connectivity index (χ1v) is 7.89. The molecular formula is C21H20O4. The molecule has 0 saturated heterocycles. The topological polar surface area (TPSA) is 58.9 Å². The van der Waals surface area contributed by atoms with Gasteiger partial charge in [-0.15, -0.1) is 0 Å². The number of methoxy groups -OCH3 is 2. The maximum absolute atomic E-state index is 11.8. The number of benzene rings is 3. The summed E-state index contributed by atoms with van der Waals surface area (Å²) in [6, 6.07) is 21.1. The molecule has 0 spiro atoms. The van der Waals surface area contributed by atoms with Crippen molar-refractivity contribution in [1.29, 1.82) is 0 Å². The Morgan fingerprint density at radius 3 is 1.84 bits per heavy atom. The van der Waals surface area contributed by atoms with Gasteiger partial charge in [-0.25, -0.2) is 0 Å². The van der Waals surface area contributed by atoms with Gasteiger partial charge in [0, 0.05) is 5.56 Å². The van der Waals surface area contributed by atoms with E-state index in [0.717, 1.165) is 0 Å². The van der Waals surface area contributed by atoms with E-state index >= 15 is 0 Å². The molecule has 4 heteroatoms. The largest absolute Gasteiger partial charge is 0.508 e. The van der Waals surface area contributed by atoms with E-state index in [1.165, 1.54) is 0 Å². The van der Waals surface area contributed by atoms with Gasteiger partial charge < -0.3 is 19.7 Å². The molecular weight excluding hydrogens is 316 g/mol. The summed E-state index contributed by atoms with van der Waals surface area (Å²) in [6.07, 6.45) is 0. The summed E-state index contributed by atoms with van der Waals surface area (Å²) in [5.41, 5.74) is 0.476. The molecule has 0 aliphatic heterocycles. The van der Waals surface area contributed by atoms with Gasteiger partial charge in [-0.3, -0.25) is 0 Å². The highest BCUT2D eigenvalue weighted by molar-refractivity contribution is 5.53. The van der Waals surface area contributed by atoms with Gasteiger partial charge in [0.1, 0.15) is 22.8 Å². The average Bonchev–Trinajstić information content (AvgIpc) is 2.68. The molecule has 2 N–H and O–H groups in total. The third-order valence-corrected chi connectivity index (χ3v) is 4.29. The Bertz CT molecular complexity index is 841. The molecule has 3 aromatic rings. The fourth-order valence-corrected chi connectivity index (χ4v) is 2.96. The first-order chi connectivity index (χ1) is 12.1. The zero-order valence-electron chi connectivity index (χ0n) is 14.1. The van der Waals surface area contributed by atoms with Crippen molar-refractivity contribution in [3.63, 3.8) is 0 Å². The minimum Gasteiger partial charge on any atom is -0.508 e. The standard InChI is InChI=1S/C21H20O4/c1-24-18-13-9-16(10-14-18)21(23,15-7-11-17(22)12-8-15)19-5-3-4-6-20(19)25-2/h3-14,22-23H,1-2H3. The molecule has 0 heterocycles. The highest BCUT2D eigenvalue weighted by atomic mass is 16.5. The van der Waals surface area contributed by atoms with Gasteiger partial charge in [-0.1, -0.05) is 42.5 Å². The van der Waals surface area contributed by atoms with Gasteiger partial charge in [0.15, 0.2) is 0 Å². The summed E-state index contributed by atoms with van der Waals surface area (Å²) in [4.78, 5) is 0. The van der Waals surface area contributed by atoms with Gasteiger partial charge in [0.2, 0.25) is 0 Å². The van der Waals surface area contributed by atoms with Gasteiger partial charge in [-0.2, -0.15) is 0 Å². The second-order valence-corrected chi connectivity index (χ2v) is 5.69. The molecule has 4 nitrogen and oxygen atoms in total. The molecule has 0 bridgehead atoms. The highest BCUT2D eigenvalue weighted by Gasteiger charge is 2.36. The van der Waals surface area contributed by atoms with Crippen LogP contribution in [0.25, 0.3) is 0 Å². The maximum atomic E-state index is 11.8. The average molecular weight is 336 g/mol. The van der Waals surface area contributed by atoms with Crippen LogP contribution in [0.3, 0.4) is 0 Å². The van der Waals surface area contributed by atoms with Crippen molar-refractivity contribution in [3.8, 4) is 17.2 Å². The van der Waals surface area contributed by atoms with Crippen LogP contribution in [0.1, 0.15) is 16.7 Å². The molecule has 0 aromatic heterocycles. The summed E-state index contributed by atoms with van der Waals surface area (Å²) in [5, 5.41) is 21.4. The molecule has 25 heavy (non-hydrogen) atoms. The number of phenols is 1. The van der Waals surface area contributed by atoms with Crippen molar-refractivity contribution >= 4 is 0 Å². The van der Waals surface area contributed by atoms with Crippen molar-refractivity contribution in [2.75, 3.05) is 14.2 Å². The number of para-hydroxylation sites is 1. The molecule has 0 aliphatic rings. The van der Waals surface area contributed by atoms with E-state index in [9.17, 15) is 10.2 Å². The fourth-order valence-electron chi connectivity index (χ4n) is 2.96. The Labute approximate surface area is 146 Å². The van der Waals surface area contributed by atoms with E-state index in [0.29, 0.717) is 28.2 Å². The Morgan fingerprint density at radius 2 is 1.28 bits per heavy atom. The molecule has 1 unspecified atom stereocenters. The molecule has 0 aliphatic carbocycles. The Kier molecular flexibility index (Phi) is 4.63.